The van der Waals surface area contributed by atoms with E-state index < -0.39 is 0 Å². The second-order valence-corrected chi connectivity index (χ2v) is 4.73. The summed E-state index contributed by atoms with van der Waals surface area (Å²) < 4.78 is 5.28. The normalized spacial score (nSPS) is 12.2. The number of aliphatic hydroxyl groups excluding tert-OH is 1. The van der Waals surface area contributed by atoms with Crippen molar-refractivity contribution in [3.05, 3.63) is 35.9 Å². The Balaban J connectivity index is 2.75. The number of hydrogen-bond donors (Lipinski definition) is 3. The van der Waals surface area contributed by atoms with Gasteiger partial charge in [0.2, 0.25) is 0 Å². The van der Waals surface area contributed by atoms with Gasteiger partial charge in [0.1, 0.15) is 5.75 Å². The van der Waals surface area contributed by atoms with Crippen molar-refractivity contribution in [3.8, 4) is 5.75 Å². The first-order valence-electron chi connectivity index (χ1n) is 6.49. The fraction of sp³-hybridized carbons (Fsp3) is 0.467. The van der Waals surface area contributed by atoms with Crippen LogP contribution in [0.15, 0.2) is 24.8 Å². The van der Waals surface area contributed by atoms with Crippen LogP contribution in [0.25, 0.3) is 6.08 Å². The maximum Gasteiger partial charge on any atom is 0.126 e. The van der Waals surface area contributed by atoms with Gasteiger partial charge in [0, 0.05) is 24.1 Å². The molecule has 3 nitrogen and oxygen atoms in total. The quantitative estimate of drug-likeness (QED) is 0.481. The number of thiol groups is 1. The van der Waals surface area contributed by atoms with Gasteiger partial charge in [-0.1, -0.05) is 18.7 Å². The molecule has 19 heavy (non-hydrogen) atoms. The molecule has 0 fully saturated rings. The number of methoxy groups -OCH3 is 1. The van der Waals surface area contributed by atoms with Crippen LogP contribution in [-0.4, -0.2) is 30.7 Å². The molecule has 2 N–H and O–H groups in total. The summed E-state index contributed by atoms with van der Waals surface area (Å²) in [4.78, 5) is 0. The predicted octanol–water partition coefficient (Wildman–Crippen LogP) is 2.50. The molecular weight excluding hydrogens is 258 g/mol. The van der Waals surface area contributed by atoms with Crippen LogP contribution in [0.5, 0.6) is 5.75 Å². The van der Waals surface area contributed by atoms with E-state index in [2.05, 4.69) is 36.7 Å². The van der Waals surface area contributed by atoms with Crippen molar-refractivity contribution in [2.75, 3.05) is 19.6 Å². The molecule has 0 bridgehead atoms. The highest BCUT2D eigenvalue weighted by atomic mass is 32.1. The van der Waals surface area contributed by atoms with Gasteiger partial charge >= 0.3 is 0 Å². The largest absolute Gasteiger partial charge is 0.496 e. The molecule has 0 aliphatic carbocycles. The van der Waals surface area contributed by atoms with E-state index in [0.717, 1.165) is 30.6 Å². The van der Waals surface area contributed by atoms with Crippen molar-refractivity contribution in [3.63, 3.8) is 0 Å². The summed E-state index contributed by atoms with van der Waals surface area (Å²) in [5.74, 6) is 1.48. The van der Waals surface area contributed by atoms with Gasteiger partial charge in [-0.3, -0.25) is 0 Å². The van der Waals surface area contributed by atoms with Crippen LogP contribution in [0.3, 0.4) is 0 Å². The molecule has 1 atom stereocenters. The third-order valence-corrected chi connectivity index (χ3v) is 3.27. The van der Waals surface area contributed by atoms with Crippen LogP contribution in [0.4, 0.5) is 0 Å². The van der Waals surface area contributed by atoms with E-state index in [1.807, 2.05) is 6.07 Å². The molecule has 0 aromatic heterocycles. The molecule has 106 valence electrons. The summed E-state index contributed by atoms with van der Waals surface area (Å²) in [6.07, 6.45) is 4.45. The summed E-state index contributed by atoms with van der Waals surface area (Å²) in [7, 11) is 1.66. The Morgan fingerprint density at radius 1 is 1.53 bits per heavy atom. The maximum atomic E-state index is 8.92. The molecule has 0 radical (unpaired) electrons. The third-order valence-electron chi connectivity index (χ3n) is 3.09. The molecular formula is C15H23NO2S. The second-order valence-electron chi connectivity index (χ2n) is 4.41. The van der Waals surface area contributed by atoms with Gasteiger partial charge in [0.25, 0.3) is 0 Å². The summed E-state index contributed by atoms with van der Waals surface area (Å²) in [5.41, 5.74) is 2.24. The lowest BCUT2D eigenvalue weighted by Crippen LogP contribution is -2.30. The molecule has 0 aliphatic rings. The van der Waals surface area contributed by atoms with Gasteiger partial charge in [0.15, 0.2) is 0 Å². The first-order chi connectivity index (χ1) is 9.24. The molecule has 1 aromatic carbocycles. The number of rotatable bonds is 9. The summed E-state index contributed by atoms with van der Waals surface area (Å²) in [6.45, 7) is 4.03. The van der Waals surface area contributed by atoms with Crippen molar-refractivity contribution in [2.24, 2.45) is 0 Å². The maximum absolute atomic E-state index is 8.92. The number of ether oxygens (including phenoxy) is 1. The molecule has 1 rings (SSSR count). The van der Waals surface area contributed by atoms with Gasteiger partial charge < -0.3 is 15.2 Å². The first kappa shape index (κ1) is 16.1. The Kier molecular flexibility index (Phi) is 7.63. The molecule has 0 amide bonds. The van der Waals surface area contributed by atoms with Crippen molar-refractivity contribution in [1.29, 1.82) is 0 Å². The smallest absolute Gasteiger partial charge is 0.126 e. The Labute approximate surface area is 121 Å². The topological polar surface area (TPSA) is 41.5 Å². The van der Waals surface area contributed by atoms with E-state index in [9.17, 15) is 0 Å². The molecule has 0 heterocycles. The minimum absolute atomic E-state index is 0.227. The lowest BCUT2D eigenvalue weighted by molar-refractivity contribution is 0.275. The number of benzene rings is 1. The zero-order valence-corrected chi connectivity index (χ0v) is 12.3. The number of aliphatic hydroxyl groups is 1. The van der Waals surface area contributed by atoms with Crippen LogP contribution >= 0.6 is 12.6 Å². The highest BCUT2D eigenvalue weighted by Crippen LogP contribution is 2.22. The molecule has 0 saturated heterocycles. The standard InChI is InChI=1S/C15H23NO2S/c1-3-13-9-12(6-7-15(13)18-2)10-14(16-11-19)5-4-8-17/h3,6-7,9,14,16-17,19H,1,4-5,8,10-11H2,2H3. The average Bonchev–Trinajstić information content (AvgIpc) is 2.44. The number of nitrogens with one attached hydrogen (secondary N) is 1. The van der Waals surface area contributed by atoms with E-state index in [1.54, 1.807) is 13.2 Å². The predicted molar refractivity (Wildman–Crippen MR) is 83.9 cm³/mol. The Morgan fingerprint density at radius 2 is 2.32 bits per heavy atom. The lowest BCUT2D eigenvalue weighted by atomic mass is 10.00. The molecule has 0 saturated carbocycles. The molecule has 0 spiro atoms. The summed E-state index contributed by atoms with van der Waals surface area (Å²) in [6, 6.07) is 6.46. The van der Waals surface area contributed by atoms with Gasteiger partial charge in [0.05, 0.1) is 7.11 Å². The summed E-state index contributed by atoms with van der Waals surface area (Å²) >= 11 is 4.21. The van der Waals surface area contributed by atoms with Gasteiger partial charge in [-0.15, -0.1) is 0 Å². The Hall–Kier alpha value is -0.970. The fourth-order valence-corrected chi connectivity index (χ4v) is 2.36. The van der Waals surface area contributed by atoms with Crippen LogP contribution in [0, 0.1) is 0 Å². The molecule has 4 heteroatoms. The average molecular weight is 281 g/mol. The van der Waals surface area contributed by atoms with Crippen molar-refractivity contribution >= 4 is 18.7 Å². The van der Waals surface area contributed by atoms with E-state index in [0.29, 0.717) is 11.9 Å². The van der Waals surface area contributed by atoms with E-state index in [1.165, 1.54) is 5.56 Å². The third kappa shape index (κ3) is 5.27. The minimum atomic E-state index is 0.227. The lowest BCUT2D eigenvalue weighted by Gasteiger charge is -2.18. The van der Waals surface area contributed by atoms with E-state index in [-0.39, 0.29) is 6.61 Å². The van der Waals surface area contributed by atoms with Crippen LogP contribution in [0.1, 0.15) is 24.0 Å². The van der Waals surface area contributed by atoms with E-state index in [4.69, 9.17) is 9.84 Å². The highest BCUT2D eigenvalue weighted by molar-refractivity contribution is 7.80. The molecule has 1 aromatic rings. The van der Waals surface area contributed by atoms with Crippen molar-refractivity contribution in [1.82, 2.24) is 5.32 Å². The van der Waals surface area contributed by atoms with Crippen LogP contribution < -0.4 is 10.1 Å². The monoisotopic (exact) mass is 281 g/mol. The fourth-order valence-electron chi connectivity index (χ4n) is 2.10. The van der Waals surface area contributed by atoms with Crippen molar-refractivity contribution in [2.45, 2.75) is 25.3 Å². The zero-order valence-electron chi connectivity index (χ0n) is 11.4. The van der Waals surface area contributed by atoms with Gasteiger partial charge in [-0.2, -0.15) is 12.6 Å². The SMILES string of the molecule is C=Cc1cc(CC(CCCO)NCS)ccc1OC. The van der Waals surface area contributed by atoms with Gasteiger partial charge in [-0.05, 0) is 37.0 Å². The number of hydrogen-bond acceptors (Lipinski definition) is 4. The Morgan fingerprint density at radius 3 is 2.89 bits per heavy atom. The highest BCUT2D eigenvalue weighted by Gasteiger charge is 2.09. The zero-order chi connectivity index (χ0) is 14.1. The molecule has 1 unspecified atom stereocenters. The molecule has 0 aliphatic heterocycles. The van der Waals surface area contributed by atoms with Crippen LogP contribution in [0.2, 0.25) is 0 Å². The second kappa shape index (κ2) is 9.02. The first-order valence-corrected chi connectivity index (χ1v) is 7.12. The minimum Gasteiger partial charge on any atom is -0.496 e. The summed E-state index contributed by atoms with van der Waals surface area (Å²) in [5, 5.41) is 12.3. The van der Waals surface area contributed by atoms with Gasteiger partial charge in [-0.25, -0.2) is 0 Å². The van der Waals surface area contributed by atoms with E-state index >= 15 is 0 Å². The Bertz CT molecular complexity index is 396. The van der Waals surface area contributed by atoms with Crippen LogP contribution in [-0.2, 0) is 6.42 Å². The van der Waals surface area contributed by atoms with Crippen molar-refractivity contribution < 1.29 is 9.84 Å².